The van der Waals surface area contributed by atoms with Gasteiger partial charge in [-0.1, -0.05) is 12.1 Å². The summed E-state index contributed by atoms with van der Waals surface area (Å²) in [6.45, 7) is 2.90. The summed E-state index contributed by atoms with van der Waals surface area (Å²) in [6, 6.07) is 7.75. The molecular weight excluding hydrogens is 304 g/mol. The van der Waals surface area contributed by atoms with Crippen LogP contribution in [0.5, 0.6) is 5.75 Å². The monoisotopic (exact) mass is 321 g/mol. The number of halogens is 2. The zero-order valence-electron chi connectivity index (χ0n) is 13.1. The molecule has 122 valence electrons. The van der Waals surface area contributed by atoms with Crippen LogP contribution in [-0.4, -0.2) is 24.7 Å². The molecule has 0 aliphatic heterocycles. The van der Waals surface area contributed by atoms with Crippen LogP contribution in [0.15, 0.2) is 36.5 Å². The number of rotatable bonds is 5. The van der Waals surface area contributed by atoms with E-state index in [0.29, 0.717) is 22.6 Å². The minimum absolute atomic E-state index is 0.107. The number of aryl methyl sites for hydroxylation is 1. The first kappa shape index (κ1) is 16.9. The number of pyridine rings is 1. The van der Waals surface area contributed by atoms with E-state index in [9.17, 15) is 13.6 Å². The van der Waals surface area contributed by atoms with Crippen LogP contribution in [-0.2, 0) is 15.5 Å². The predicted octanol–water partition coefficient (Wildman–Crippen LogP) is 3.72. The van der Waals surface area contributed by atoms with Gasteiger partial charge in [-0.3, -0.25) is 4.98 Å². The molecule has 0 N–H and O–H groups in total. The highest BCUT2D eigenvalue weighted by Crippen LogP contribution is 2.35. The molecule has 6 heteroatoms. The maximum absolute atomic E-state index is 14.3. The molecule has 0 spiro atoms. The van der Waals surface area contributed by atoms with Crippen LogP contribution in [0.2, 0.25) is 0 Å². The van der Waals surface area contributed by atoms with Crippen molar-refractivity contribution in [1.82, 2.24) is 4.98 Å². The van der Waals surface area contributed by atoms with E-state index in [2.05, 4.69) is 9.72 Å². The fourth-order valence-electron chi connectivity index (χ4n) is 2.15. The Hall–Kier alpha value is -2.50. The minimum atomic E-state index is -3.71. The number of alkyl halides is 2. The maximum atomic E-state index is 14.3. The second kappa shape index (κ2) is 6.73. The number of ether oxygens (including phenoxy) is 2. The molecule has 1 heterocycles. The van der Waals surface area contributed by atoms with Gasteiger partial charge in [-0.25, -0.2) is 4.79 Å². The van der Waals surface area contributed by atoms with E-state index in [-0.39, 0.29) is 6.61 Å². The molecule has 0 amide bonds. The topological polar surface area (TPSA) is 48.4 Å². The lowest BCUT2D eigenvalue weighted by Gasteiger charge is -2.18. The second-order valence-electron chi connectivity index (χ2n) is 4.91. The van der Waals surface area contributed by atoms with E-state index in [1.807, 2.05) is 0 Å². The van der Waals surface area contributed by atoms with Gasteiger partial charge in [0.2, 0.25) is 0 Å². The van der Waals surface area contributed by atoms with Crippen molar-refractivity contribution in [2.24, 2.45) is 0 Å². The van der Waals surface area contributed by atoms with Gasteiger partial charge in [0.05, 0.1) is 19.4 Å². The van der Waals surface area contributed by atoms with E-state index in [4.69, 9.17) is 4.74 Å². The molecular formula is C17H17F2NO3. The first-order valence-corrected chi connectivity index (χ1v) is 7.06. The van der Waals surface area contributed by atoms with Crippen molar-refractivity contribution in [3.05, 3.63) is 47.7 Å². The molecule has 0 aliphatic carbocycles. The molecule has 0 saturated heterocycles. The number of carbonyl (C=O) groups excluding carboxylic acids is 1. The summed E-state index contributed by atoms with van der Waals surface area (Å²) < 4.78 is 38.2. The molecule has 1 aromatic heterocycles. The van der Waals surface area contributed by atoms with E-state index < -0.39 is 17.5 Å². The molecule has 0 saturated carbocycles. The number of benzene rings is 1. The highest BCUT2D eigenvalue weighted by molar-refractivity contribution is 5.80. The summed E-state index contributed by atoms with van der Waals surface area (Å²) in [7, 11) is 1.51. The molecule has 2 rings (SSSR count). The highest BCUT2D eigenvalue weighted by atomic mass is 19.3. The summed E-state index contributed by atoms with van der Waals surface area (Å²) in [5, 5.41) is 0. The second-order valence-corrected chi connectivity index (χ2v) is 4.91. The quantitative estimate of drug-likeness (QED) is 0.788. The van der Waals surface area contributed by atoms with Gasteiger partial charge in [-0.2, -0.15) is 8.78 Å². The van der Waals surface area contributed by atoms with Gasteiger partial charge < -0.3 is 9.47 Å². The number of hydrogen-bond donors (Lipinski definition) is 0. The van der Waals surface area contributed by atoms with Gasteiger partial charge in [-0.15, -0.1) is 0 Å². The smallest absolute Gasteiger partial charge is 0.381 e. The van der Waals surface area contributed by atoms with Crippen LogP contribution in [0.3, 0.4) is 0 Å². The molecule has 23 heavy (non-hydrogen) atoms. The zero-order valence-corrected chi connectivity index (χ0v) is 13.1. The number of carbonyl (C=O) groups is 1. The van der Waals surface area contributed by atoms with Crippen LogP contribution in [0.25, 0.3) is 11.3 Å². The SMILES string of the molecule is CCOC(=O)C(F)(F)c1cc(-c2cc(OC)ccn2)ccc1C. The fourth-order valence-corrected chi connectivity index (χ4v) is 2.15. The molecule has 0 fully saturated rings. The van der Waals surface area contributed by atoms with Crippen molar-refractivity contribution >= 4 is 5.97 Å². The fraction of sp³-hybridized carbons (Fsp3) is 0.294. The van der Waals surface area contributed by atoms with Crippen molar-refractivity contribution in [2.45, 2.75) is 19.8 Å². The van der Waals surface area contributed by atoms with Crippen LogP contribution in [0, 0.1) is 6.92 Å². The Bertz CT molecular complexity index is 717. The third kappa shape index (κ3) is 3.47. The molecule has 0 aliphatic rings. The van der Waals surface area contributed by atoms with Crippen LogP contribution in [0.1, 0.15) is 18.1 Å². The van der Waals surface area contributed by atoms with Crippen molar-refractivity contribution in [1.29, 1.82) is 0 Å². The number of hydrogen-bond acceptors (Lipinski definition) is 4. The minimum Gasteiger partial charge on any atom is -0.497 e. The van der Waals surface area contributed by atoms with E-state index in [1.165, 1.54) is 39.3 Å². The lowest BCUT2D eigenvalue weighted by molar-refractivity contribution is -0.173. The maximum Gasteiger partial charge on any atom is 0.381 e. The molecule has 0 unspecified atom stereocenters. The number of nitrogens with zero attached hydrogens (tertiary/aromatic N) is 1. The van der Waals surface area contributed by atoms with E-state index in [0.717, 1.165) is 0 Å². The summed E-state index contributed by atoms with van der Waals surface area (Å²) >= 11 is 0. The van der Waals surface area contributed by atoms with Gasteiger partial charge in [0, 0.05) is 23.4 Å². The largest absolute Gasteiger partial charge is 0.497 e. The first-order valence-electron chi connectivity index (χ1n) is 7.06. The normalized spacial score (nSPS) is 11.2. The standard InChI is InChI=1S/C17H17F2NO3/c1-4-23-16(21)17(18,19)14-9-12(6-5-11(14)2)15-10-13(22-3)7-8-20-15/h5-10H,4H2,1-3H3. The van der Waals surface area contributed by atoms with Crippen molar-refractivity contribution in [3.63, 3.8) is 0 Å². The summed E-state index contributed by atoms with van der Waals surface area (Å²) in [6.07, 6.45) is 1.52. The lowest BCUT2D eigenvalue weighted by Crippen LogP contribution is -2.29. The Labute approximate surface area is 133 Å². The van der Waals surface area contributed by atoms with Crippen molar-refractivity contribution in [2.75, 3.05) is 13.7 Å². The summed E-state index contributed by atoms with van der Waals surface area (Å²) in [4.78, 5) is 15.7. The lowest BCUT2D eigenvalue weighted by atomic mass is 9.98. The number of aromatic nitrogens is 1. The highest BCUT2D eigenvalue weighted by Gasteiger charge is 2.43. The number of esters is 1. The Morgan fingerprint density at radius 1 is 1.26 bits per heavy atom. The Morgan fingerprint density at radius 2 is 2.00 bits per heavy atom. The van der Waals surface area contributed by atoms with Gasteiger partial charge in [-0.05, 0) is 31.5 Å². The Kier molecular flexibility index (Phi) is 4.93. The average molecular weight is 321 g/mol. The van der Waals surface area contributed by atoms with Crippen LogP contribution < -0.4 is 4.74 Å². The molecule has 1 aromatic carbocycles. The predicted molar refractivity (Wildman–Crippen MR) is 81.5 cm³/mol. The van der Waals surface area contributed by atoms with Gasteiger partial charge in [0.1, 0.15) is 5.75 Å². The molecule has 4 nitrogen and oxygen atoms in total. The Morgan fingerprint density at radius 3 is 2.65 bits per heavy atom. The van der Waals surface area contributed by atoms with E-state index >= 15 is 0 Å². The van der Waals surface area contributed by atoms with Crippen LogP contribution in [0.4, 0.5) is 8.78 Å². The molecule has 0 atom stereocenters. The van der Waals surface area contributed by atoms with E-state index in [1.54, 1.807) is 18.2 Å². The van der Waals surface area contributed by atoms with Gasteiger partial charge in [0.25, 0.3) is 0 Å². The third-order valence-corrected chi connectivity index (χ3v) is 3.37. The van der Waals surface area contributed by atoms with Gasteiger partial charge >= 0.3 is 11.9 Å². The van der Waals surface area contributed by atoms with Crippen molar-refractivity contribution in [3.8, 4) is 17.0 Å². The first-order chi connectivity index (χ1) is 10.9. The number of methoxy groups -OCH3 is 1. The average Bonchev–Trinajstić information content (AvgIpc) is 2.55. The molecule has 0 bridgehead atoms. The summed E-state index contributed by atoms with van der Waals surface area (Å²) in [5.74, 6) is -4.71. The summed E-state index contributed by atoms with van der Waals surface area (Å²) in [5.41, 5.74) is 0.853. The molecule has 2 aromatic rings. The third-order valence-electron chi connectivity index (χ3n) is 3.37. The van der Waals surface area contributed by atoms with Crippen LogP contribution >= 0.6 is 0 Å². The van der Waals surface area contributed by atoms with Gasteiger partial charge in [0.15, 0.2) is 0 Å². The van der Waals surface area contributed by atoms with Crippen molar-refractivity contribution < 1.29 is 23.0 Å². The molecule has 0 radical (unpaired) electrons. The zero-order chi connectivity index (χ0) is 17.0. The Balaban J connectivity index is 2.48.